The second-order valence-corrected chi connectivity index (χ2v) is 6.60. The van der Waals surface area contributed by atoms with Crippen molar-refractivity contribution >= 4 is 11.9 Å². The van der Waals surface area contributed by atoms with Gasteiger partial charge in [0.25, 0.3) is 0 Å². The molecule has 2 aliphatic heterocycles. The van der Waals surface area contributed by atoms with Crippen LogP contribution in [0.5, 0.6) is 0 Å². The molecule has 2 heterocycles. The van der Waals surface area contributed by atoms with Crippen LogP contribution in [0, 0.1) is 11.8 Å². The van der Waals surface area contributed by atoms with Crippen LogP contribution in [0.15, 0.2) is 0 Å². The maximum absolute atomic E-state index is 13.7. The molecule has 6 heteroatoms. The van der Waals surface area contributed by atoms with Gasteiger partial charge < -0.3 is 9.64 Å². The quantitative estimate of drug-likeness (QED) is 0.737. The van der Waals surface area contributed by atoms with Gasteiger partial charge in [-0.25, -0.2) is 9.18 Å². The first-order valence-corrected chi connectivity index (χ1v) is 8.24. The van der Waals surface area contributed by atoms with Crippen LogP contribution >= 0.6 is 0 Å². The van der Waals surface area contributed by atoms with E-state index in [2.05, 4.69) is 11.7 Å². The van der Waals surface area contributed by atoms with Gasteiger partial charge in [-0.05, 0) is 38.1 Å². The molecule has 2 aliphatic rings. The summed E-state index contributed by atoms with van der Waals surface area (Å²) in [6.45, 7) is 5.20. The number of ether oxygens (including phenoxy) is 1. The molecular weight excluding hydrogens is 287 g/mol. The first-order valence-electron chi connectivity index (χ1n) is 8.24. The molecule has 2 rings (SSSR count). The van der Waals surface area contributed by atoms with E-state index in [0.717, 1.165) is 45.3 Å². The van der Waals surface area contributed by atoms with Crippen molar-refractivity contribution in [2.24, 2.45) is 11.8 Å². The molecular formula is C16H27FN2O3. The van der Waals surface area contributed by atoms with E-state index in [-0.39, 0.29) is 18.4 Å². The van der Waals surface area contributed by atoms with Gasteiger partial charge in [0.2, 0.25) is 12.1 Å². The van der Waals surface area contributed by atoms with E-state index in [4.69, 9.17) is 0 Å². The van der Waals surface area contributed by atoms with Gasteiger partial charge in [0.15, 0.2) is 0 Å². The SMILES string of the molecule is COC(=O)[C@H](F)CN1CCC[C@H](C(=O)N2CCC(C)CC2)C1. The third kappa shape index (κ3) is 4.41. The van der Waals surface area contributed by atoms with Gasteiger partial charge in [0.05, 0.1) is 13.0 Å². The monoisotopic (exact) mass is 314 g/mol. The highest BCUT2D eigenvalue weighted by Gasteiger charge is 2.32. The number of nitrogens with zero attached hydrogens (tertiary/aromatic N) is 2. The number of carbonyl (C=O) groups excluding carboxylic acids is 2. The molecule has 126 valence electrons. The topological polar surface area (TPSA) is 49.9 Å². The first kappa shape index (κ1) is 17.2. The molecule has 0 aromatic rings. The van der Waals surface area contributed by atoms with Crippen LogP contribution in [0.4, 0.5) is 4.39 Å². The number of methoxy groups -OCH3 is 1. The molecule has 0 bridgehead atoms. The Hall–Kier alpha value is -1.17. The van der Waals surface area contributed by atoms with Gasteiger partial charge in [-0.2, -0.15) is 0 Å². The van der Waals surface area contributed by atoms with Gasteiger partial charge in [-0.1, -0.05) is 6.92 Å². The fourth-order valence-electron chi connectivity index (χ4n) is 3.34. The van der Waals surface area contributed by atoms with E-state index < -0.39 is 12.1 Å². The molecule has 2 saturated heterocycles. The lowest BCUT2D eigenvalue weighted by Gasteiger charge is -2.37. The number of amides is 1. The molecule has 2 atom stereocenters. The number of hydrogen-bond donors (Lipinski definition) is 0. The number of piperidine rings is 2. The van der Waals surface area contributed by atoms with Crippen LogP contribution in [0.25, 0.3) is 0 Å². The summed E-state index contributed by atoms with van der Waals surface area (Å²) in [6.07, 6.45) is 2.23. The smallest absolute Gasteiger partial charge is 0.341 e. The van der Waals surface area contributed by atoms with Crippen LogP contribution in [-0.2, 0) is 14.3 Å². The Kier molecular flexibility index (Phi) is 6.17. The van der Waals surface area contributed by atoms with E-state index in [0.29, 0.717) is 12.5 Å². The minimum atomic E-state index is -1.63. The van der Waals surface area contributed by atoms with Crippen LogP contribution in [-0.4, -0.2) is 67.7 Å². The van der Waals surface area contributed by atoms with Gasteiger partial charge in [-0.3, -0.25) is 9.69 Å². The van der Waals surface area contributed by atoms with Crippen LogP contribution < -0.4 is 0 Å². The highest BCUT2D eigenvalue weighted by atomic mass is 19.1. The number of hydrogen-bond acceptors (Lipinski definition) is 4. The molecule has 0 spiro atoms. The molecule has 2 fully saturated rings. The van der Waals surface area contributed by atoms with Gasteiger partial charge in [-0.15, -0.1) is 0 Å². The van der Waals surface area contributed by atoms with Crippen molar-refractivity contribution in [3.05, 3.63) is 0 Å². The van der Waals surface area contributed by atoms with Crippen LogP contribution in [0.2, 0.25) is 0 Å². The predicted octanol–water partition coefficient (Wildman–Crippen LogP) is 1.47. The van der Waals surface area contributed by atoms with E-state index in [1.54, 1.807) is 0 Å². The summed E-state index contributed by atoms with van der Waals surface area (Å²) < 4.78 is 18.1. The van der Waals surface area contributed by atoms with Crippen LogP contribution in [0.3, 0.4) is 0 Å². The Morgan fingerprint density at radius 1 is 1.23 bits per heavy atom. The third-order valence-corrected chi connectivity index (χ3v) is 4.83. The lowest BCUT2D eigenvalue weighted by Crippen LogP contribution is -2.48. The molecule has 0 unspecified atom stereocenters. The maximum atomic E-state index is 13.7. The molecule has 1 amide bonds. The zero-order chi connectivity index (χ0) is 16.1. The van der Waals surface area contributed by atoms with Crippen molar-refractivity contribution in [2.45, 2.75) is 38.8 Å². The summed E-state index contributed by atoms with van der Waals surface area (Å²) in [5.74, 6) is -0.00481. The number of rotatable bonds is 4. The highest BCUT2D eigenvalue weighted by molar-refractivity contribution is 5.79. The largest absolute Gasteiger partial charge is 0.467 e. The Morgan fingerprint density at radius 3 is 2.55 bits per heavy atom. The van der Waals surface area contributed by atoms with E-state index in [1.807, 2.05) is 9.80 Å². The van der Waals surface area contributed by atoms with Gasteiger partial charge in [0, 0.05) is 26.2 Å². The van der Waals surface area contributed by atoms with Gasteiger partial charge >= 0.3 is 5.97 Å². The fourth-order valence-corrected chi connectivity index (χ4v) is 3.34. The molecule has 5 nitrogen and oxygen atoms in total. The Bertz CT molecular complexity index is 397. The average Bonchev–Trinajstić information content (AvgIpc) is 2.54. The Morgan fingerprint density at radius 2 is 1.91 bits per heavy atom. The van der Waals surface area contributed by atoms with Crippen molar-refractivity contribution in [1.82, 2.24) is 9.80 Å². The second kappa shape index (κ2) is 7.90. The number of esters is 1. The summed E-state index contributed by atoms with van der Waals surface area (Å²) in [5, 5.41) is 0. The molecule has 0 N–H and O–H groups in total. The van der Waals surface area contributed by atoms with E-state index in [1.165, 1.54) is 7.11 Å². The molecule has 0 radical (unpaired) electrons. The van der Waals surface area contributed by atoms with Gasteiger partial charge in [0.1, 0.15) is 0 Å². The highest BCUT2D eigenvalue weighted by Crippen LogP contribution is 2.23. The lowest BCUT2D eigenvalue weighted by molar-refractivity contribution is -0.147. The van der Waals surface area contributed by atoms with E-state index >= 15 is 0 Å². The van der Waals surface area contributed by atoms with Crippen LogP contribution in [0.1, 0.15) is 32.6 Å². The molecule has 0 aromatic carbocycles. The Labute approximate surface area is 131 Å². The van der Waals surface area contributed by atoms with Crippen molar-refractivity contribution in [2.75, 3.05) is 39.8 Å². The van der Waals surface area contributed by atoms with Crippen molar-refractivity contribution in [1.29, 1.82) is 0 Å². The molecule has 0 saturated carbocycles. The molecule has 0 aliphatic carbocycles. The molecule has 0 aromatic heterocycles. The van der Waals surface area contributed by atoms with Crippen molar-refractivity contribution in [3.8, 4) is 0 Å². The standard InChI is InChI=1S/C16H27FN2O3/c1-12-5-8-19(9-6-12)15(20)13-4-3-7-18(10-13)11-14(17)16(21)22-2/h12-14H,3-11H2,1-2H3/t13-,14+/m0/s1. The normalized spacial score (nSPS) is 25.8. The zero-order valence-corrected chi connectivity index (χ0v) is 13.6. The maximum Gasteiger partial charge on any atom is 0.341 e. The summed E-state index contributed by atoms with van der Waals surface area (Å²) in [7, 11) is 1.19. The fraction of sp³-hybridized carbons (Fsp3) is 0.875. The number of halogens is 1. The van der Waals surface area contributed by atoms with Crippen molar-refractivity contribution < 1.29 is 18.7 Å². The number of alkyl halides is 1. The summed E-state index contributed by atoms with van der Waals surface area (Å²) >= 11 is 0. The summed E-state index contributed by atoms with van der Waals surface area (Å²) in [5.41, 5.74) is 0. The lowest BCUT2D eigenvalue weighted by atomic mass is 9.93. The minimum absolute atomic E-state index is 0.0213. The summed E-state index contributed by atoms with van der Waals surface area (Å²) in [6, 6.07) is 0. The summed E-state index contributed by atoms with van der Waals surface area (Å²) in [4.78, 5) is 27.6. The molecule has 22 heavy (non-hydrogen) atoms. The van der Waals surface area contributed by atoms with E-state index in [9.17, 15) is 14.0 Å². The third-order valence-electron chi connectivity index (χ3n) is 4.83. The number of likely N-dealkylation sites (tertiary alicyclic amines) is 2. The average molecular weight is 314 g/mol. The first-order chi connectivity index (χ1) is 10.5. The second-order valence-electron chi connectivity index (χ2n) is 6.60. The number of carbonyl (C=O) groups is 2. The Balaban J connectivity index is 1.84. The zero-order valence-electron chi connectivity index (χ0n) is 13.6. The minimum Gasteiger partial charge on any atom is -0.467 e. The predicted molar refractivity (Wildman–Crippen MR) is 81.1 cm³/mol. The van der Waals surface area contributed by atoms with Crippen molar-refractivity contribution in [3.63, 3.8) is 0 Å².